The summed E-state index contributed by atoms with van der Waals surface area (Å²) in [5, 5.41) is 3.41. The minimum atomic E-state index is 0.534. The van der Waals surface area contributed by atoms with E-state index in [1.54, 1.807) is 0 Å². The van der Waals surface area contributed by atoms with Gasteiger partial charge >= 0.3 is 0 Å². The number of nitrogens with one attached hydrogen (secondary N) is 1. The van der Waals surface area contributed by atoms with Gasteiger partial charge in [0.25, 0.3) is 0 Å². The summed E-state index contributed by atoms with van der Waals surface area (Å²) in [7, 11) is 0. The highest BCUT2D eigenvalue weighted by Gasteiger charge is 2.26. The summed E-state index contributed by atoms with van der Waals surface area (Å²) in [5.41, 5.74) is 2.31. The fourth-order valence-corrected chi connectivity index (χ4v) is 2.81. The first-order valence-corrected chi connectivity index (χ1v) is 7.93. The fourth-order valence-electron chi connectivity index (χ4n) is 2.81. The number of hydrogen-bond donors (Lipinski definition) is 1. The van der Waals surface area contributed by atoms with E-state index in [1.807, 2.05) is 6.20 Å². The smallest absolute Gasteiger partial charge is 0.225 e. The summed E-state index contributed by atoms with van der Waals surface area (Å²) >= 11 is 0. The first kappa shape index (κ1) is 15.2. The van der Waals surface area contributed by atoms with Crippen LogP contribution in [0.2, 0.25) is 0 Å². The molecule has 0 radical (unpaired) electrons. The summed E-state index contributed by atoms with van der Waals surface area (Å²) in [5.74, 6) is 1.62. The third-order valence-electron chi connectivity index (χ3n) is 4.44. The molecule has 112 valence electrons. The predicted molar refractivity (Wildman–Crippen MR) is 84.0 cm³/mol. The number of aryl methyl sites for hydroxylation is 1. The van der Waals surface area contributed by atoms with Gasteiger partial charge in [-0.15, -0.1) is 0 Å². The topological polar surface area (TPSA) is 41.1 Å². The molecule has 4 heteroatoms. The Morgan fingerprint density at radius 1 is 1.40 bits per heavy atom. The Bertz CT molecular complexity index is 432. The molecule has 0 spiro atoms. The molecule has 0 aliphatic carbocycles. The molecule has 1 saturated heterocycles. The Morgan fingerprint density at radius 2 is 2.20 bits per heavy atom. The van der Waals surface area contributed by atoms with Gasteiger partial charge in [0.15, 0.2) is 0 Å². The van der Waals surface area contributed by atoms with Crippen LogP contribution in [0.3, 0.4) is 0 Å². The van der Waals surface area contributed by atoms with Gasteiger partial charge in [0.05, 0.1) is 0 Å². The van der Waals surface area contributed by atoms with Gasteiger partial charge < -0.3 is 10.2 Å². The van der Waals surface area contributed by atoms with Crippen LogP contribution in [-0.2, 0) is 6.54 Å². The van der Waals surface area contributed by atoms with Crippen molar-refractivity contribution in [1.29, 1.82) is 0 Å². The quantitative estimate of drug-likeness (QED) is 0.840. The predicted octanol–water partition coefficient (Wildman–Crippen LogP) is 2.91. The van der Waals surface area contributed by atoms with E-state index in [0.29, 0.717) is 6.04 Å². The zero-order valence-electron chi connectivity index (χ0n) is 13.3. The first-order valence-electron chi connectivity index (χ1n) is 7.93. The maximum atomic E-state index is 4.74. The second-order valence-electron chi connectivity index (χ2n) is 6.01. The van der Waals surface area contributed by atoms with Gasteiger partial charge in [-0.05, 0) is 45.6 Å². The van der Waals surface area contributed by atoms with Gasteiger partial charge in [-0.25, -0.2) is 9.97 Å². The van der Waals surface area contributed by atoms with Crippen LogP contribution in [0.15, 0.2) is 6.20 Å². The van der Waals surface area contributed by atoms with Gasteiger partial charge in [-0.1, -0.05) is 13.8 Å². The van der Waals surface area contributed by atoms with Crippen molar-refractivity contribution in [3.63, 3.8) is 0 Å². The van der Waals surface area contributed by atoms with Crippen LogP contribution in [0.4, 0.5) is 5.95 Å². The Balaban J connectivity index is 2.08. The lowest BCUT2D eigenvalue weighted by Crippen LogP contribution is -2.43. The number of aromatic nitrogens is 2. The Kier molecular flexibility index (Phi) is 5.35. The van der Waals surface area contributed by atoms with Crippen LogP contribution in [0.25, 0.3) is 0 Å². The normalized spacial score (nSPS) is 23.1. The molecule has 2 rings (SSSR count). The molecule has 1 N–H and O–H groups in total. The fraction of sp³-hybridized carbons (Fsp3) is 0.750. The Morgan fingerprint density at radius 3 is 2.90 bits per heavy atom. The lowest BCUT2D eigenvalue weighted by molar-refractivity contribution is 0.359. The van der Waals surface area contributed by atoms with Crippen molar-refractivity contribution in [2.75, 3.05) is 18.0 Å². The van der Waals surface area contributed by atoms with Crippen LogP contribution in [0.1, 0.15) is 51.3 Å². The molecule has 0 amide bonds. The van der Waals surface area contributed by atoms with E-state index in [9.17, 15) is 0 Å². The summed E-state index contributed by atoms with van der Waals surface area (Å²) in [6.45, 7) is 11.9. The number of hydrogen-bond acceptors (Lipinski definition) is 4. The molecule has 0 saturated carbocycles. The number of piperidine rings is 1. The van der Waals surface area contributed by atoms with Gasteiger partial charge in [0.2, 0.25) is 5.95 Å². The van der Waals surface area contributed by atoms with E-state index in [4.69, 9.17) is 4.98 Å². The first-order chi connectivity index (χ1) is 9.63. The summed E-state index contributed by atoms with van der Waals surface area (Å²) in [4.78, 5) is 11.7. The maximum Gasteiger partial charge on any atom is 0.225 e. The molecule has 4 nitrogen and oxygen atoms in total. The van der Waals surface area contributed by atoms with Crippen LogP contribution in [0, 0.1) is 12.8 Å². The number of nitrogens with zero attached hydrogens (tertiary/aromatic N) is 3. The molecule has 0 bridgehead atoms. The number of anilines is 1. The molecule has 1 aromatic heterocycles. The Labute approximate surface area is 123 Å². The molecule has 0 aromatic carbocycles. The second kappa shape index (κ2) is 7.02. The highest BCUT2D eigenvalue weighted by Crippen LogP contribution is 2.26. The minimum absolute atomic E-state index is 0.534. The lowest BCUT2D eigenvalue weighted by Gasteiger charge is -2.38. The third kappa shape index (κ3) is 3.48. The van der Waals surface area contributed by atoms with Crippen LogP contribution < -0.4 is 10.2 Å². The van der Waals surface area contributed by atoms with Crippen LogP contribution >= 0.6 is 0 Å². The van der Waals surface area contributed by atoms with Crippen molar-refractivity contribution in [1.82, 2.24) is 15.3 Å². The molecule has 2 atom stereocenters. The molecule has 1 aromatic rings. The van der Waals surface area contributed by atoms with Gasteiger partial charge in [-0.2, -0.15) is 0 Å². The molecule has 1 aliphatic heterocycles. The molecule has 1 aliphatic rings. The van der Waals surface area contributed by atoms with Crippen LogP contribution in [-0.4, -0.2) is 29.1 Å². The monoisotopic (exact) mass is 276 g/mol. The van der Waals surface area contributed by atoms with E-state index in [0.717, 1.165) is 43.6 Å². The van der Waals surface area contributed by atoms with Gasteiger partial charge in [0, 0.05) is 36.6 Å². The van der Waals surface area contributed by atoms with Crippen molar-refractivity contribution < 1.29 is 0 Å². The van der Waals surface area contributed by atoms with Crippen molar-refractivity contribution in [2.45, 2.75) is 59.5 Å². The highest BCUT2D eigenvalue weighted by molar-refractivity contribution is 5.35. The van der Waals surface area contributed by atoms with Crippen molar-refractivity contribution in [3.05, 3.63) is 17.5 Å². The van der Waals surface area contributed by atoms with E-state index in [2.05, 4.69) is 42.9 Å². The zero-order valence-corrected chi connectivity index (χ0v) is 13.3. The zero-order chi connectivity index (χ0) is 14.5. The van der Waals surface area contributed by atoms with E-state index < -0.39 is 0 Å². The van der Waals surface area contributed by atoms with Crippen molar-refractivity contribution >= 4 is 5.95 Å². The molecular formula is C16H28N4. The lowest BCUT2D eigenvalue weighted by atomic mass is 9.92. The largest absolute Gasteiger partial charge is 0.338 e. The van der Waals surface area contributed by atoms with Crippen LogP contribution in [0.5, 0.6) is 0 Å². The summed E-state index contributed by atoms with van der Waals surface area (Å²) in [6.07, 6.45) is 5.71. The Hall–Kier alpha value is -1.16. The van der Waals surface area contributed by atoms with Gasteiger partial charge in [-0.3, -0.25) is 0 Å². The minimum Gasteiger partial charge on any atom is -0.338 e. The summed E-state index contributed by atoms with van der Waals surface area (Å²) < 4.78 is 0. The van der Waals surface area contributed by atoms with Crippen molar-refractivity contribution in [3.8, 4) is 0 Å². The number of rotatable bonds is 5. The third-order valence-corrected chi connectivity index (χ3v) is 4.44. The molecule has 2 heterocycles. The molecular weight excluding hydrogens is 248 g/mol. The molecule has 20 heavy (non-hydrogen) atoms. The van der Waals surface area contributed by atoms with E-state index in [1.165, 1.54) is 18.4 Å². The average Bonchev–Trinajstić information content (AvgIpc) is 2.44. The highest BCUT2D eigenvalue weighted by atomic mass is 15.3. The van der Waals surface area contributed by atoms with E-state index >= 15 is 0 Å². The SMILES string of the molecule is CCCNCc1cnc(N2CCCC(C)C2C)nc1C. The van der Waals surface area contributed by atoms with Crippen molar-refractivity contribution in [2.24, 2.45) is 5.92 Å². The van der Waals surface area contributed by atoms with E-state index in [-0.39, 0.29) is 0 Å². The van der Waals surface area contributed by atoms with Gasteiger partial charge in [0.1, 0.15) is 0 Å². The standard InChI is InChI=1S/C16H28N4/c1-5-8-17-10-15-11-18-16(19-13(15)3)20-9-6-7-12(2)14(20)4/h11-12,14,17H,5-10H2,1-4H3. The second-order valence-corrected chi connectivity index (χ2v) is 6.01. The average molecular weight is 276 g/mol. The molecule has 2 unspecified atom stereocenters. The summed E-state index contributed by atoms with van der Waals surface area (Å²) in [6, 6.07) is 0.534. The maximum absolute atomic E-state index is 4.74. The molecule has 1 fully saturated rings.